The van der Waals surface area contributed by atoms with Gasteiger partial charge in [-0.2, -0.15) is 5.10 Å². The summed E-state index contributed by atoms with van der Waals surface area (Å²) < 4.78 is 0. The Morgan fingerprint density at radius 1 is 1.32 bits per heavy atom. The van der Waals surface area contributed by atoms with Crippen molar-refractivity contribution in [3.63, 3.8) is 0 Å². The molecule has 1 amide bonds. The molecule has 1 atom stereocenters. The maximum absolute atomic E-state index is 11.7. The molecule has 3 N–H and O–H groups in total. The lowest BCUT2D eigenvalue weighted by atomic mass is 10.0. The number of halogens is 1. The topological polar surface area (TPSA) is 93.3 Å². The van der Waals surface area contributed by atoms with Gasteiger partial charge in [-0.3, -0.25) is 14.8 Å². The molecule has 0 spiro atoms. The summed E-state index contributed by atoms with van der Waals surface area (Å²) in [5.74, 6) is 0.0920. The Morgan fingerprint density at radius 2 is 2.00 bits per heavy atom. The minimum absolute atomic E-state index is 0. The highest BCUT2D eigenvalue weighted by molar-refractivity contribution is 5.88. The number of carbonyl (C=O) groups excluding carboxylic acids is 1. The van der Waals surface area contributed by atoms with Gasteiger partial charge in [0.05, 0.1) is 23.3 Å². The van der Waals surface area contributed by atoms with Crippen molar-refractivity contribution in [3.05, 3.63) is 36.2 Å². The van der Waals surface area contributed by atoms with Crippen LogP contribution in [0.4, 0.5) is 0 Å². The summed E-state index contributed by atoms with van der Waals surface area (Å²) >= 11 is 0. The van der Waals surface area contributed by atoms with Gasteiger partial charge >= 0.3 is 0 Å². The van der Waals surface area contributed by atoms with Crippen molar-refractivity contribution in [1.29, 1.82) is 0 Å². The highest BCUT2D eigenvalue weighted by Crippen LogP contribution is 2.09. The van der Waals surface area contributed by atoms with Gasteiger partial charge in [0.15, 0.2) is 0 Å². The van der Waals surface area contributed by atoms with Gasteiger partial charge in [0.2, 0.25) is 0 Å². The molecule has 6 nitrogen and oxygen atoms in total. The van der Waals surface area contributed by atoms with Crippen molar-refractivity contribution in [2.75, 3.05) is 0 Å². The number of amides is 1. The highest BCUT2D eigenvalue weighted by Gasteiger charge is 2.13. The highest BCUT2D eigenvalue weighted by atomic mass is 35.5. The lowest BCUT2D eigenvalue weighted by Crippen LogP contribution is -2.39. The number of hydrazone groups is 1. The number of rotatable bonds is 5. The van der Waals surface area contributed by atoms with Crippen LogP contribution in [0, 0.1) is 5.92 Å². The van der Waals surface area contributed by atoms with E-state index in [-0.39, 0.29) is 18.3 Å². The van der Waals surface area contributed by atoms with Crippen LogP contribution in [0.1, 0.15) is 25.8 Å². The summed E-state index contributed by atoms with van der Waals surface area (Å²) in [4.78, 5) is 20.1. The Hall–Kier alpha value is -2.05. The van der Waals surface area contributed by atoms with Crippen molar-refractivity contribution in [1.82, 2.24) is 15.4 Å². The van der Waals surface area contributed by atoms with Crippen LogP contribution in [0.3, 0.4) is 0 Å². The minimum atomic E-state index is -0.537. The van der Waals surface area contributed by atoms with E-state index in [4.69, 9.17) is 5.73 Å². The Morgan fingerprint density at radius 3 is 2.68 bits per heavy atom. The van der Waals surface area contributed by atoms with Crippen molar-refractivity contribution in [3.8, 4) is 0 Å². The van der Waals surface area contributed by atoms with E-state index in [2.05, 4.69) is 20.5 Å². The second-order valence-corrected chi connectivity index (χ2v) is 5.27. The van der Waals surface area contributed by atoms with Crippen LogP contribution >= 0.6 is 12.4 Å². The Bertz CT molecular complexity index is 659. The molecule has 0 radical (unpaired) electrons. The molecular weight excluding hydrogens is 302 g/mol. The number of nitrogens with one attached hydrogen (secondary N) is 1. The van der Waals surface area contributed by atoms with Gasteiger partial charge < -0.3 is 5.73 Å². The summed E-state index contributed by atoms with van der Waals surface area (Å²) in [5.41, 5.74) is 10.7. The molecule has 0 saturated carbocycles. The normalized spacial score (nSPS) is 12.4. The predicted molar refractivity (Wildman–Crippen MR) is 90.0 cm³/mol. The van der Waals surface area contributed by atoms with Crippen LogP contribution in [0.2, 0.25) is 0 Å². The van der Waals surface area contributed by atoms with E-state index in [9.17, 15) is 4.79 Å². The largest absolute Gasteiger partial charge is 0.320 e. The number of nitrogens with zero attached hydrogens (tertiary/aromatic N) is 3. The zero-order valence-electron chi connectivity index (χ0n) is 12.6. The molecule has 2 aromatic rings. The molecule has 118 valence electrons. The van der Waals surface area contributed by atoms with Crippen molar-refractivity contribution in [2.45, 2.75) is 26.3 Å². The molecule has 0 bridgehead atoms. The zero-order chi connectivity index (χ0) is 15.2. The van der Waals surface area contributed by atoms with Gasteiger partial charge in [0, 0.05) is 12.4 Å². The molecule has 0 aliphatic carbocycles. The van der Waals surface area contributed by atoms with E-state index in [0.29, 0.717) is 12.3 Å². The summed E-state index contributed by atoms with van der Waals surface area (Å²) in [6.07, 6.45) is 5.48. The van der Waals surface area contributed by atoms with Gasteiger partial charge in [0.25, 0.3) is 5.91 Å². The van der Waals surface area contributed by atoms with E-state index in [1.807, 2.05) is 32.0 Å². The van der Waals surface area contributed by atoms with Gasteiger partial charge in [-0.25, -0.2) is 5.43 Å². The van der Waals surface area contributed by atoms with Crippen LogP contribution in [0.5, 0.6) is 0 Å². The van der Waals surface area contributed by atoms with E-state index >= 15 is 0 Å². The first-order valence-electron chi connectivity index (χ1n) is 6.85. The number of carbonyl (C=O) groups is 1. The standard InChI is InChI=1S/C15H19N5O.ClH/c1-10(2)7-12(16)15(21)20-19-9-11-3-4-13-14(8-11)18-6-5-17-13;/h3-6,8-10,12H,7,16H2,1-2H3,(H,20,21);1H/b19-9+;/t12-;/m1./s1. The Labute approximate surface area is 135 Å². The molecule has 2 rings (SSSR count). The Balaban J connectivity index is 0.00000242. The van der Waals surface area contributed by atoms with Crippen LogP contribution in [0.25, 0.3) is 11.0 Å². The maximum atomic E-state index is 11.7. The fourth-order valence-corrected chi connectivity index (χ4v) is 1.93. The van der Waals surface area contributed by atoms with Crippen molar-refractivity contribution >= 4 is 35.6 Å². The third-order valence-electron chi connectivity index (χ3n) is 2.94. The first-order valence-corrected chi connectivity index (χ1v) is 6.85. The molecule has 1 aromatic carbocycles. The first kappa shape index (κ1) is 18.0. The van der Waals surface area contributed by atoms with E-state index in [1.165, 1.54) is 0 Å². The quantitative estimate of drug-likeness (QED) is 0.649. The lowest BCUT2D eigenvalue weighted by Gasteiger charge is -2.11. The fourth-order valence-electron chi connectivity index (χ4n) is 1.93. The number of benzene rings is 1. The minimum Gasteiger partial charge on any atom is -0.320 e. The Kier molecular flexibility index (Phi) is 6.88. The van der Waals surface area contributed by atoms with Crippen molar-refractivity contribution in [2.24, 2.45) is 16.8 Å². The first-order chi connectivity index (χ1) is 10.1. The molecule has 0 aliphatic rings. The number of fused-ring (bicyclic) bond motifs is 1. The lowest BCUT2D eigenvalue weighted by molar-refractivity contribution is -0.122. The van der Waals surface area contributed by atoms with E-state index in [0.717, 1.165) is 16.6 Å². The monoisotopic (exact) mass is 321 g/mol. The van der Waals surface area contributed by atoms with Gasteiger partial charge in [-0.05, 0) is 30.0 Å². The molecule has 1 aromatic heterocycles. The molecule has 0 aliphatic heterocycles. The molecular formula is C15H20ClN5O. The van der Waals surface area contributed by atoms with Gasteiger partial charge in [-0.15, -0.1) is 12.4 Å². The molecule has 1 heterocycles. The third-order valence-corrected chi connectivity index (χ3v) is 2.94. The summed E-state index contributed by atoms with van der Waals surface area (Å²) in [6.45, 7) is 4.04. The molecule has 22 heavy (non-hydrogen) atoms. The molecule has 0 saturated heterocycles. The van der Waals surface area contributed by atoms with Gasteiger partial charge in [-0.1, -0.05) is 19.9 Å². The van der Waals surface area contributed by atoms with Crippen LogP contribution < -0.4 is 11.2 Å². The summed E-state index contributed by atoms with van der Waals surface area (Å²) in [7, 11) is 0. The zero-order valence-corrected chi connectivity index (χ0v) is 13.4. The predicted octanol–water partition coefficient (Wildman–Crippen LogP) is 1.88. The molecule has 0 unspecified atom stereocenters. The number of hydrogen-bond acceptors (Lipinski definition) is 5. The van der Waals surface area contributed by atoms with Crippen LogP contribution in [-0.2, 0) is 4.79 Å². The molecule has 7 heteroatoms. The molecule has 0 fully saturated rings. The average molecular weight is 322 g/mol. The summed E-state index contributed by atoms with van der Waals surface area (Å²) in [6, 6.07) is 5.03. The number of aromatic nitrogens is 2. The van der Waals surface area contributed by atoms with E-state index in [1.54, 1.807) is 18.6 Å². The number of nitrogens with two attached hydrogens (primary N) is 1. The van der Waals surface area contributed by atoms with Crippen LogP contribution in [0.15, 0.2) is 35.7 Å². The smallest absolute Gasteiger partial charge is 0.256 e. The fraction of sp³-hybridized carbons (Fsp3) is 0.333. The summed E-state index contributed by atoms with van der Waals surface area (Å²) in [5, 5.41) is 3.92. The maximum Gasteiger partial charge on any atom is 0.256 e. The number of hydrogen-bond donors (Lipinski definition) is 2. The van der Waals surface area contributed by atoms with Crippen LogP contribution in [-0.4, -0.2) is 28.1 Å². The average Bonchev–Trinajstić information content (AvgIpc) is 2.46. The van der Waals surface area contributed by atoms with Crippen molar-refractivity contribution < 1.29 is 4.79 Å². The SMILES string of the molecule is CC(C)C[C@@H](N)C(=O)N/N=C/c1ccc2nccnc2c1.Cl. The van der Waals surface area contributed by atoms with Gasteiger partial charge in [0.1, 0.15) is 0 Å². The second kappa shape index (κ2) is 8.41. The second-order valence-electron chi connectivity index (χ2n) is 5.27. The van der Waals surface area contributed by atoms with E-state index < -0.39 is 6.04 Å². The third kappa shape index (κ3) is 5.05.